The van der Waals surface area contributed by atoms with E-state index in [2.05, 4.69) is 10.1 Å². The first-order valence-corrected chi connectivity index (χ1v) is 4.77. The Balaban J connectivity index is 4.18. The van der Waals surface area contributed by atoms with Gasteiger partial charge in [0.2, 0.25) is 0 Å². The van der Waals surface area contributed by atoms with Crippen LogP contribution in [-0.2, 0) is 9.53 Å². The molecule has 0 heterocycles. The Kier molecular flexibility index (Phi) is 5.95. The third-order valence-corrected chi connectivity index (χ3v) is 2.47. The van der Waals surface area contributed by atoms with Crippen LogP contribution in [-0.4, -0.2) is 30.3 Å². The fourth-order valence-corrected chi connectivity index (χ4v) is 1.08. The zero-order chi connectivity index (χ0) is 11.0. The van der Waals surface area contributed by atoms with Crippen molar-refractivity contribution in [2.24, 2.45) is 0 Å². The predicted octanol–water partition coefficient (Wildman–Crippen LogP) is 0.814. The highest BCUT2D eigenvalue weighted by Crippen LogP contribution is 2.13. The van der Waals surface area contributed by atoms with E-state index in [1.807, 2.05) is 13.8 Å². The highest BCUT2D eigenvalue weighted by atomic mass is 16.5. The lowest BCUT2D eigenvalue weighted by molar-refractivity contribution is -0.134. The first-order chi connectivity index (χ1) is 6.64. The molecule has 0 amide bonds. The van der Waals surface area contributed by atoms with Gasteiger partial charge in [-0.15, -0.1) is 0 Å². The maximum atomic E-state index is 10.8. The fraction of sp³-hybridized carbons (Fsp3) is 0.700. The van der Waals surface area contributed by atoms with E-state index in [4.69, 9.17) is 0 Å². The van der Waals surface area contributed by atoms with E-state index in [9.17, 15) is 9.90 Å². The Morgan fingerprint density at radius 1 is 1.50 bits per heavy atom. The molecule has 0 radical (unpaired) electrons. The monoisotopic (exact) mass is 201 g/mol. The van der Waals surface area contributed by atoms with Crippen molar-refractivity contribution in [3.63, 3.8) is 0 Å². The van der Waals surface area contributed by atoms with Crippen LogP contribution in [0.15, 0.2) is 12.3 Å². The summed E-state index contributed by atoms with van der Waals surface area (Å²) in [4.78, 5) is 10.8. The Bertz CT molecular complexity index is 189. The minimum Gasteiger partial charge on any atom is -0.466 e. The van der Waals surface area contributed by atoms with Crippen LogP contribution >= 0.6 is 0 Å². The zero-order valence-electron chi connectivity index (χ0n) is 9.04. The molecule has 0 aliphatic carbocycles. The summed E-state index contributed by atoms with van der Waals surface area (Å²) in [7, 11) is 1.33. The second-order valence-electron chi connectivity index (χ2n) is 3.15. The number of nitrogens with one attached hydrogen (secondary N) is 1. The van der Waals surface area contributed by atoms with E-state index in [-0.39, 0.29) is 12.1 Å². The average Bonchev–Trinajstić information content (AvgIpc) is 2.25. The summed E-state index contributed by atoms with van der Waals surface area (Å²) in [5, 5.41) is 12.2. The fourth-order valence-electron chi connectivity index (χ4n) is 1.08. The van der Waals surface area contributed by atoms with Crippen LogP contribution < -0.4 is 5.32 Å². The second-order valence-corrected chi connectivity index (χ2v) is 3.15. The quantitative estimate of drug-likeness (QED) is 0.493. The summed E-state index contributed by atoms with van der Waals surface area (Å²) in [6, 6.07) is 0. The molecule has 14 heavy (non-hydrogen) atoms. The van der Waals surface area contributed by atoms with Crippen molar-refractivity contribution in [2.75, 3.05) is 13.7 Å². The predicted molar refractivity (Wildman–Crippen MR) is 54.7 cm³/mol. The van der Waals surface area contributed by atoms with Gasteiger partial charge in [-0.3, -0.25) is 0 Å². The van der Waals surface area contributed by atoms with Gasteiger partial charge in [0.15, 0.2) is 0 Å². The molecule has 0 fully saturated rings. The number of carbonyl (C=O) groups excluding carboxylic acids is 1. The van der Waals surface area contributed by atoms with Crippen LogP contribution in [0, 0.1) is 0 Å². The standard InChI is InChI=1S/C10H19NO3/c1-4-10(5-2,8-12)11-7-6-9(13)14-3/h6-7,11-12H,4-5,8H2,1-3H3/b7-6+. The molecule has 0 unspecified atom stereocenters. The third-order valence-electron chi connectivity index (χ3n) is 2.47. The third kappa shape index (κ3) is 3.79. The minimum atomic E-state index is -0.406. The second kappa shape index (κ2) is 6.43. The minimum absolute atomic E-state index is 0.0471. The van der Waals surface area contributed by atoms with Gasteiger partial charge in [-0.2, -0.15) is 0 Å². The molecule has 0 saturated heterocycles. The van der Waals surface area contributed by atoms with E-state index in [0.29, 0.717) is 0 Å². The Labute approximate surface area is 85.0 Å². The Morgan fingerprint density at radius 2 is 2.07 bits per heavy atom. The summed E-state index contributed by atoms with van der Waals surface area (Å²) in [5.74, 6) is -0.406. The summed E-state index contributed by atoms with van der Waals surface area (Å²) < 4.78 is 4.44. The van der Waals surface area contributed by atoms with E-state index in [0.717, 1.165) is 12.8 Å². The molecule has 4 heteroatoms. The number of rotatable bonds is 6. The number of carbonyl (C=O) groups is 1. The van der Waals surface area contributed by atoms with E-state index < -0.39 is 5.97 Å². The van der Waals surface area contributed by atoms with Crippen LogP contribution in [0.4, 0.5) is 0 Å². The number of hydrogen-bond acceptors (Lipinski definition) is 4. The number of aliphatic hydroxyl groups is 1. The van der Waals surface area contributed by atoms with Crippen LogP contribution in [0.25, 0.3) is 0 Å². The first-order valence-electron chi connectivity index (χ1n) is 4.77. The molecule has 0 aliphatic rings. The normalized spacial score (nSPS) is 11.7. The van der Waals surface area contributed by atoms with Crippen molar-refractivity contribution in [2.45, 2.75) is 32.2 Å². The van der Waals surface area contributed by atoms with Crippen molar-refractivity contribution < 1.29 is 14.6 Å². The molecular weight excluding hydrogens is 182 g/mol. The molecule has 82 valence electrons. The average molecular weight is 201 g/mol. The topological polar surface area (TPSA) is 58.6 Å². The van der Waals surface area contributed by atoms with Gasteiger partial charge in [-0.25, -0.2) is 4.79 Å². The highest BCUT2D eigenvalue weighted by molar-refractivity contribution is 5.81. The number of methoxy groups -OCH3 is 1. The van der Waals surface area contributed by atoms with E-state index in [1.165, 1.54) is 19.4 Å². The lowest BCUT2D eigenvalue weighted by Crippen LogP contribution is -2.44. The molecule has 0 saturated carbocycles. The highest BCUT2D eigenvalue weighted by Gasteiger charge is 2.22. The van der Waals surface area contributed by atoms with Gasteiger partial charge in [-0.1, -0.05) is 13.8 Å². The van der Waals surface area contributed by atoms with E-state index in [1.54, 1.807) is 0 Å². The summed E-state index contributed by atoms with van der Waals surface area (Å²) in [6.07, 6.45) is 4.42. The molecule has 0 aromatic rings. The van der Waals surface area contributed by atoms with Crippen molar-refractivity contribution >= 4 is 5.97 Å². The molecule has 4 nitrogen and oxygen atoms in total. The van der Waals surface area contributed by atoms with Gasteiger partial charge in [0.1, 0.15) is 0 Å². The largest absolute Gasteiger partial charge is 0.466 e. The Hall–Kier alpha value is -1.03. The summed E-state index contributed by atoms with van der Waals surface area (Å²) in [5.41, 5.74) is -0.329. The van der Waals surface area contributed by atoms with Gasteiger partial charge in [0.25, 0.3) is 0 Å². The molecule has 0 aromatic carbocycles. The smallest absolute Gasteiger partial charge is 0.331 e. The van der Waals surface area contributed by atoms with Crippen molar-refractivity contribution in [3.8, 4) is 0 Å². The van der Waals surface area contributed by atoms with Gasteiger partial charge in [-0.05, 0) is 12.8 Å². The van der Waals surface area contributed by atoms with Crippen LogP contribution in [0.2, 0.25) is 0 Å². The number of ether oxygens (including phenoxy) is 1. The molecule has 0 atom stereocenters. The molecule has 0 aliphatic heterocycles. The summed E-state index contributed by atoms with van der Waals surface area (Å²) in [6.45, 7) is 4.02. The van der Waals surface area contributed by atoms with Gasteiger partial charge in [0, 0.05) is 12.3 Å². The van der Waals surface area contributed by atoms with Crippen LogP contribution in [0.1, 0.15) is 26.7 Å². The molecule has 0 spiro atoms. The van der Waals surface area contributed by atoms with Crippen molar-refractivity contribution in [1.29, 1.82) is 0 Å². The SMILES string of the molecule is CCC(CC)(CO)N/C=C/C(=O)OC. The molecular formula is C10H19NO3. The molecule has 2 N–H and O–H groups in total. The van der Waals surface area contributed by atoms with E-state index >= 15 is 0 Å². The zero-order valence-corrected chi connectivity index (χ0v) is 9.04. The number of hydrogen-bond donors (Lipinski definition) is 2. The lowest BCUT2D eigenvalue weighted by Gasteiger charge is -2.29. The number of aliphatic hydroxyl groups excluding tert-OH is 1. The van der Waals surface area contributed by atoms with Crippen LogP contribution in [0.3, 0.4) is 0 Å². The lowest BCUT2D eigenvalue weighted by atomic mass is 9.94. The molecule has 0 aromatic heterocycles. The number of esters is 1. The molecule has 0 rings (SSSR count). The molecule has 0 bridgehead atoms. The van der Waals surface area contributed by atoms with Crippen molar-refractivity contribution in [1.82, 2.24) is 5.32 Å². The van der Waals surface area contributed by atoms with Gasteiger partial charge in [0.05, 0.1) is 19.3 Å². The first kappa shape index (κ1) is 13.0. The van der Waals surface area contributed by atoms with Gasteiger partial charge >= 0.3 is 5.97 Å². The van der Waals surface area contributed by atoms with Crippen LogP contribution in [0.5, 0.6) is 0 Å². The maximum absolute atomic E-state index is 10.8. The summed E-state index contributed by atoms with van der Waals surface area (Å²) >= 11 is 0. The van der Waals surface area contributed by atoms with Crippen molar-refractivity contribution in [3.05, 3.63) is 12.3 Å². The maximum Gasteiger partial charge on any atom is 0.331 e. The Morgan fingerprint density at radius 3 is 2.43 bits per heavy atom. The van der Waals surface area contributed by atoms with Gasteiger partial charge < -0.3 is 15.2 Å².